The van der Waals surface area contributed by atoms with E-state index in [9.17, 15) is 0 Å². The molecule has 1 unspecified atom stereocenters. The van der Waals surface area contributed by atoms with E-state index in [0.29, 0.717) is 5.92 Å². The van der Waals surface area contributed by atoms with Crippen molar-refractivity contribution in [1.82, 2.24) is 5.32 Å². The van der Waals surface area contributed by atoms with E-state index in [1.165, 1.54) is 12.0 Å². The van der Waals surface area contributed by atoms with E-state index >= 15 is 0 Å². The number of nitrogens with one attached hydrogen (secondary N) is 1. The maximum absolute atomic E-state index is 5.88. The first kappa shape index (κ1) is 10.0. The Morgan fingerprint density at radius 3 is 2.21 bits per heavy atom. The Morgan fingerprint density at radius 2 is 1.86 bits per heavy atom. The molecule has 1 heterocycles. The van der Waals surface area contributed by atoms with Crippen molar-refractivity contribution in [3.8, 4) is 0 Å². The summed E-state index contributed by atoms with van der Waals surface area (Å²) in [7, 11) is 0. The largest absolute Gasteiger partial charge is 0.307 e. The summed E-state index contributed by atoms with van der Waals surface area (Å²) < 4.78 is 0. The highest BCUT2D eigenvalue weighted by atomic mass is 35.5. The van der Waals surface area contributed by atoms with E-state index in [4.69, 9.17) is 11.6 Å². The molecule has 0 bridgehead atoms. The molecule has 1 aliphatic rings. The summed E-state index contributed by atoms with van der Waals surface area (Å²) in [5.74, 6) is 0.623. The van der Waals surface area contributed by atoms with Crippen LogP contribution in [0.2, 0.25) is 5.02 Å². The number of hydrogen-bond acceptors (Lipinski definition) is 1. The highest BCUT2D eigenvalue weighted by molar-refractivity contribution is 6.30. The molecule has 0 spiro atoms. The van der Waals surface area contributed by atoms with Crippen molar-refractivity contribution in [1.29, 1.82) is 0 Å². The third kappa shape index (κ3) is 1.45. The van der Waals surface area contributed by atoms with Crippen molar-refractivity contribution in [2.75, 3.05) is 6.54 Å². The van der Waals surface area contributed by atoms with Crippen LogP contribution in [0.1, 0.15) is 25.8 Å². The molecule has 0 saturated carbocycles. The summed E-state index contributed by atoms with van der Waals surface area (Å²) in [5.41, 5.74) is 1.56. The van der Waals surface area contributed by atoms with Crippen LogP contribution in [0.4, 0.5) is 0 Å². The van der Waals surface area contributed by atoms with Gasteiger partial charge in [0.2, 0.25) is 0 Å². The summed E-state index contributed by atoms with van der Waals surface area (Å²) in [5, 5.41) is 4.36. The fourth-order valence-corrected chi connectivity index (χ4v) is 2.34. The van der Waals surface area contributed by atoms with Crippen LogP contribution in [-0.2, 0) is 5.54 Å². The van der Waals surface area contributed by atoms with Crippen LogP contribution >= 0.6 is 11.6 Å². The average molecular weight is 210 g/mol. The summed E-state index contributed by atoms with van der Waals surface area (Å²) in [6.45, 7) is 5.66. The molecule has 1 fully saturated rings. The highest BCUT2D eigenvalue weighted by Gasteiger charge is 2.40. The molecule has 1 saturated heterocycles. The van der Waals surface area contributed by atoms with Gasteiger partial charge in [-0.25, -0.2) is 0 Å². The molecule has 2 rings (SSSR count). The molecule has 0 aliphatic carbocycles. The zero-order valence-electron chi connectivity index (χ0n) is 8.68. The smallest absolute Gasteiger partial charge is 0.0470 e. The molecule has 0 amide bonds. The van der Waals surface area contributed by atoms with Gasteiger partial charge in [-0.15, -0.1) is 0 Å². The van der Waals surface area contributed by atoms with Gasteiger partial charge in [-0.2, -0.15) is 0 Å². The molecule has 1 aromatic rings. The van der Waals surface area contributed by atoms with Crippen molar-refractivity contribution in [2.24, 2.45) is 5.92 Å². The minimum atomic E-state index is 0.199. The Hall–Kier alpha value is -0.530. The predicted octanol–water partition coefficient (Wildman–Crippen LogP) is 3.18. The van der Waals surface area contributed by atoms with Crippen molar-refractivity contribution in [3.05, 3.63) is 34.9 Å². The molecule has 0 radical (unpaired) electrons. The second-order valence-corrected chi connectivity index (χ2v) is 4.75. The Bertz CT molecular complexity index is 312. The van der Waals surface area contributed by atoms with Gasteiger partial charge in [0.05, 0.1) is 0 Å². The lowest BCUT2D eigenvalue weighted by Crippen LogP contribution is -2.57. The molecule has 1 atom stereocenters. The summed E-state index contributed by atoms with van der Waals surface area (Å²) in [6, 6.07) is 8.21. The predicted molar refractivity (Wildman–Crippen MR) is 60.6 cm³/mol. The van der Waals surface area contributed by atoms with Crippen molar-refractivity contribution < 1.29 is 0 Å². The highest BCUT2D eigenvalue weighted by Crippen LogP contribution is 2.38. The van der Waals surface area contributed by atoms with Gasteiger partial charge < -0.3 is 5.32 Å². The van der Waals surface area contributed by atoms with Crippen LogP contribution in [0, 0.1) is 5.92 Å². The zero-order valence-corrected chi connectivity index (χ0v) is 9.43. The minimum absolute atomic E-state index is 0.199. The lowest BCUT2D eigenvalue weighted by molar-refractivity contribution is 0.139. The van der Waals surface area contributed by atoms with Gasteiger partial charge in [0, 0.05) is 10.6 Å². The number of rotatable bonds is 2. The van der Waals surface area contributed by atoms with Crippen molar-refractivity contribution >= 4 is 11.6 Å². The van der Waals surface area contributed by atoms with E-state index in [-0.39, 0.29) is 5.54 Å². The van der Waals surface area contributed by atoms with Crippen molar-refractivity contribution in [2.45, 2.75) is 25.8 Å². The maximum Gasteiger partial charge on any atom is 0.0470 e. The van der Waals surface area contributed by atoms with E-state index in [2.05, 4.69) is 31.3 Å². The number of benzene rings is 1. The summed E-state index contributed by atoms with van der Waals surface area (Å²) in [6.07, 6.45) is 1.23. The van der Waals surface area contributed by atoms with Gasteiger partial charge in [0.25, 0.3) is 0 Å². The van der Waals surface area contributed by atoms with Crippen molar-refractivity contribution in [3.63, 3.8) is 0 Å². The summed E-state index contributed by atoms with van der Waals surface area (Å²) >= 11 is 5.88. The second kappa shape index (κ2) is 3.56. The zero-order chi connectivity index (χ0) is 10.2. The third-order valence-corrected chi connectivity index (χ3v) is 3.56. The SMILES string of the molecule is CC(C)C1(c2ccc(Cl)cc2)CCN1. The quantitative estimate of drug-likeness (QED) is 0.789. The van der Waals surface area contributed by atoms with Crippen LogP contribution in [0.15, 0.2) is 24.3 Å². The normalized spacial score (nSPS) is 26.3. The Kier molecular flexibility index (Phi) is 2.54. The van der Waals surface area contributed by atoms with E-state index in [0.717, 1.165) is 11.6 Å². The first-order chi connectivity index (χ1) is 6.65. The van der Waals surface area contributed by atoms with E-state index in [1.807, 2.05) is 12.1 Å². The Labute approximate surface area is 90.5 Å². The molecule has 1 aliphatic heterocycles. The van der Waals surface area contributed by atoms with Gasteiger partial charge in [-0.05, 0) is 36.6 Å². The number of hydrogen-bond donors (Lipinski definition) is 1. The minimum Gasteiger partial charge on any atom is -0.307 e. The molecular formula is C12H16ClN. The topological polar surface area (TPSA) is 12.0 Å². The van der Waals surface area contributed by atoms with Crippen LogP contribution < -0.4 is 5.32 Å². The fraction of sp³-hybridized carbons (Fsp3) is 0.500. The fourth-order valence-electron chi connectivity index (χ4n) is 2.21. The van der Waals surface area contributed by atoms with Gasteiger partial charge in [0.1, 0.15) is 0 Å². The standard InChI is InChI=1S/C12H16ClN/c1-9(2)12(7-8-14-12)10-3-5-11(13)6-4-10/h3-6,9,14H,7-8H2,1-2H3. The van der Waals surface area contributed by atoms with Gasteiger partial charge in [-0.3, -0.25) is 0 Å². The monoisotopic (exact) mass is 209 g/mol. The molecular weight excluding hydrogens is 194 g/mol. The third-order valence-electron chi connectivity index (χ3n) is 3.30. The molecule has 14 heavy (non-hydrogen) atoms. The number of halogens is 1. The van der Waals surface area contributed by atoms with Gasteiger partial charge in [-0.1, -0.05) is 37.6 Å². The summed E-state index contributed by atoms with van der Waals surface area (Å²) in [4.78, 5) is 0. The first-order valence-electron chi connectivity index (χ1n) is 5.16. The van der Waals surface area contributed by atoms with Crippen LogP contribution in [0.3, 0.4) is 0 Å². The molecule has 0 aromatic heterocycles. The molecule has 76 valence electrons. The molecule has 1 aromatic carbocycles. The average Bonchev–Trinajstić information content (AvgIpc) is 2.05. The lowest BCUT2D eigenvalue weighted by Gasteiger charge is -2.47. The van der Waals surface area contributed by atoms with Gasteiger partial charge >= 0.3 is 0 Å². The molecule has 2 heteroatoms. The maximum atomic E-state index is 5.88. The van der Waals surface area contributed by atoms with E-state index < -0.39 is 0 Å². The van der Waals surface area contributed by atoms with Gasteiger partial charge in [0.15, 0.2) is 0 Å². The van der Waals surface area contributed by atoms with Crippen LogP contribution in [-0.4, -0.2) is 6.54 Å². The van der Waals surface area contributed by atoms with E-state index in [1.54, 1.807) is 0 Å². The second-order valence-electron chi connectivity index (χ2n) is 4.31. The first-order valence-corrected chi connectivity index (χ1v) is 5.54. The lowest BCUT2D eigenvalue weighted by atomic mass is 9.72. The molecule has 1 N–H and O–H groups in total. The molecule has 1 nitrogen and oxygen atoms in total. The van der Waals surface area contributed by atoms with Crippen LogP contribution in [0.5, 0.6) is 0 Å². The van der Waals surface area contributed by atoms with Crippen LogP contribution in [0.25, 0.3) is 0 Å². The Morgan fingerprint density at radius 1 is 1.29 bits per heavy atom. The Balaban J connectivity index is 2.32.